The number of para-hydroxylation sites is 1. The van der Waals surface area contributed by atoms with Crippen molar-refractivity contribution in [1.82, 2.24) is 0 Å². The zero-order valence-electron chi connectivity index (χ0n) is 9.32. The number of halogens is 1. The highest BCUT2D eigenvalue weighted by Crippen LogP contribution is 2.29. The molecule has 0 heterocycles. The molecule has 0 saturated heterocycles. The lowest BCUT2D eigenvalue weighted by Crippen LogP contribution is -2.21. The molecule has 1 aromatic carbocycles. The van der Waals surface area contributed by atoms with Crippen molar-refractivity contribution in [2.45, 2.75) is 25.9 Å². The number of aliphatic hydroxyl groups is 2. The number of hydrogen-bond acceptors (Lipinski definition) is 3. The standard InChI is InChI=1S/C12H17ClO3/c1-2-4-9-5-3-6-11(13)12(9)16-8-10(15)7-14/h3,5-6,10,14-15H,2,4,7-8H2,1H3. The molecule has 90 valence electrons. The minimum absolute atomic E-state index is 0.0525. The number of benzene rings is 1. The van der Waals surface area contributed by atoms with E-state index in [2.05, 4.69) is 6.92 Å². The van der Waals surface area contributed by atoms with Crippen LogP contribution in [0.5, 0.6) is 5.75 Å². The molecule has 0 saturated carbocycles. The highest BCUT2D eigenvalue weighted by atomic mass is 35.5. The van der Waals surface area contributed by atoms with E-state index in [1.807, 2.05) is 12.1 Å². The molecule has 4 heteroatoms. The number of ether oxygens (including phenoxy) is 1. The van der Waals surface area contributed by atoms with Gasteiger partial charge in [0.1, 0.15) is 18.5 Å². The summed E-state index contributed by atoms with van der Waals surface area (Å²) in [6.07, 6.45) is 1.01. The quantitative estimate of drug-likeness (QED) is 0.805. The first-order valence-electron chi connectivity index (χ1n) is 5.38. The lowest BCUT2D eigenvalue weighted by molar-refractivity contribution is 0.0533. The van der Waals surface area contributed by atoms with Crippen molar-refractivity contribution in [3.8, 4) is 5.75 Å². The molecule has 1 unspecified atom stereocenters. The van der Waals surface area contributed by atoms with E-state index in [9.17, 15) is 5.11 Å². The van der Waals surface area contributed by atoms with E-state index in [1.54, 1.807) is 6.07 Å². The average Bonchev–Trinajstić information content (AvgIpc) is 2.28. The molecule has 0 amide bonds. The van der Waals surface area contributed by atoms with Crippen molar-refractivity contribution >= 4 is 11.6 Å². The summed E-state index contributed by atoms with van der Waals surface area (Å²) in [4.78, 5) is 0. The highest BCUT2D eigenvalue weighted by Gasteiger charge is 2.10. The lowest BCUT2D eigenvalue weighted by Gasteiger charge is -2.14. The first kappa shape index (κ1) is 13.3. The zero-order valence-corrected chi connectivity index (χ0v) is 10.1. The van der Waals surface area contributed by atoms with Gasteiger partial charge in [0.15, 0.2) is 0 Å². The van der Waals surface area contributed by atoms with E-state index in [4.69, 9.17) is 21.4 Å². The average molecular weight is 245 g/mol. The van der Waals surface area contributed by atoms with Crippen molar-refractivity contribution in [2.24, 2.45) is 0 Å². The van der Waals surface area contributed by atoms with Gasteiger partial charge in [-0.15, -0.1) is 0 Å². The van der Waals surface area contributed by atoms with Crippen LogP contribution in [0.4, 0.5) is 0 Å². The zero-order chi connectivity index (χ0) is 12.0. The van der Waals surface area contributed by atoms with Crippen LogP contribution >= 0.6 is 11.6 Å². The second kappa shape index (κ2) is 6.74. The number of aryl methyl sites for hydroxylation is 1. The molecule has 0 fully saturated rings. The summed E-state index contributed by atoms with van der Waals surface area (Å²) < 4.78 is 5.43. The molecule has 0 spiro atoms. The van der Waals surface area contributed by atoms with Crippen molar-refractivity contribution in [3.63, 3.8) is 0 Å². The Bertz CT molecular complexity index is 328. The second-order valence-corrected chi connectivity index (χ2v) is 4.03. The fourth-order valence-corrected chi connectivity index (χ4v) is 1.66. The predicted molar refractivity (Wildman–Crippen MR) is 64.0 cm³/mol. The SMILES string of the molecule is CCCc1cccc(Cl)c1OCC(O)CO. The molecule has 0 bridgehead atoms. The van der Waals surface area contributed by atoms with Crippen LogP contribution < -0.4 is 4.74 Å². The summed E-state index contributed by atoms with van der Waals surface area (Å²) in [5, 5.41) is 18.4. The van der Waals surface area contributed by atoms with Crippen molar-refractivity contribution in [3.05, 3.63) is 28.8 Å². The van der Waals surface area contributed by atoms with Gasteiger partial charge < -0.3 is 14.9 Å². The maximum Gasteiger partial charge on any atom is 0.141 e. The van der Waals surface area contributed by atoms with Crippen molar-refractivity contribution in [1.29, 1.82) is 0 Å². The van der Waals surface area contributed by atoms with Crippen LogP contribution in [0.2, 0.25) is 5.02 Å². The first-order valence-corrected chi connectivity index (χ1v) is 5.76. The molecular weight excluding hydrogens is 228 g/mol. The Hall–Kier alpha value is -0.770. The molecule has 0 aliphatic rings. The van der Waals surface area contributed by atoms with Gasteiger partial charge in [0.05, 0.1) is 11.6 Å². The fraction of sp³-hybridized carbons (Fsp3) is 0.500. The molecule has 0 aromatic heterocycles. The molecule has 1 atom stereocenters. The topological polar surface area (TPSA) is 49.7 Å². The van der Waals surface area contributed by atoms with Gasteiger partial charge in [0.25, 0.3) is 0 Å². The Morgan fingerprint density at radius 2 is 2.19 bits per heavy atom. The van der Waals surface area contributed by atoms with Gasteiger partial charge in [0, 0.05) is 0 Å². The minimum atomic E-state index is -0.870. The maximum absolute atomic E-state index is 9.21. The van der Waals surface area contributed by atoms with Crippen LogP contribution in [-0.2, 0) is 6.42 Å². The summed E-state index contributed by atoms with van der Waals surface area (Å²) in [5.41, 5.74) is 1.03. The number of aliphatic hydroxyl groups excluding tert-OH is 2. The van der Waals surface area contributed by atoms with E-state index < -0.39 is 6.10 Å². The maximum atomic E-state index is 9.21. The van der Waals surface area contributed by atoms with Gasteiger partial charge in [-0.3, -0.25) is 0 Å². The first-order chi connectivity index (χ1) is 7.69. The number of rotatable bonds is 6. The van der Waals surface area contributed by atoms with E-state index in [-0.39, 0.29) is 13.2 Å². The minimum Gasteiger partial charge on any atom is -0.489 e. The molecule has 0 aliphatic carbocycles. The third-order valence-corrected chi connectivity index (χ3v) is 2.50. The molecule has 0 aliphatic heterocycles. The van der Waals surface area contributed by atoms with E-state index in [0.717, 1.165) is 18.4 Å². The van der Waals surface area contributed by atoms with E-state index in [1.165, 1.54) is 0 Å². The summed E-state index contributed by atoms with van der Waals surface area (Å²) in [7, 11) is 0. The second-order valence-electron chi connectivity index (χ2n) is 3.63. The van der Waals surface area contributed by atoms with Crippen LogP contribution in [0.25, 0.3) is 0 Å². The van der Waals surface area contributed by atoms with Crippen LogP contribution in [0.15, 0.2) is 18.2 Å². The molecule has 16 heavy (non-hydrogen) atoms. The Balaban J connectivity index is 2.75. The van der Waals surface area contributed by atoms with Gasteiger partial charge in [-0.2, -0.15) is 0 Å². The summed E-state index contributed by atoms with van der Waals surface area (Å²) in [5.74, 6) is 0.610. The van der Waals surface area contributed by atoms with Crippen LogP contribution in [0.1, 0.15) is 18.9 Å². The highest BCUT2D eigenvalue weighted by molar-refractivity contribution is 6.32. The number of hydrogen-bond donors (Lipinski definition) is 2. The Kier molecular flexibility index (Phi) is 5.60. The van der Waals surface area contributed by atoms with Gasteiger partial charge in [0.2, 0.25) is 0 Å². The lowest BCUT2D eigenvalue weighted by atomic mass is 10.1. The Labute approximate surface area is 101 Å². The molecule has 2 N–H and O–H groups in total. The predicted octanol–water partition coefficient (Wildman–Crippen LogP) is 2.02. The summed E-state index contributed by atoms with van der Waals surface area (Å²) in [6.45, 7) is 1.82. The van der Waals surface area contributed by atoms with Crippen LogP contribution in [0, 0.1) is 0 Å². The summed E-state index contributed by atoms with van der Waals surface area (Å²) >= 11 is 6.02. The third-order valence-electron chi connectivity index (χ3n) is 2.20. The molecule has 3 nitrogen and oxygen atoms in total. The molecule has 1 rings (SSSR count). The van der Waals surface area contributed by atoms with Gasteiger partial charge in [-0.05, 0) is 18.1 Å². The van der Waals surface area contributed by atoms with E-state index >= 15 is 0 Å². The molecule has 1 aromatic rings. The Morgan fingerprint density at radius 3 is 2.81 bits per heavy atom. The van der Waals surface area contributed by atoms with Gasteiger partial charge >= 0.3 is 0 Å². The van der Waals surface area contributed by atoms with Crippen LogP contribution in [0.3, 0.4) is 0 Å². The molecular formula is C12H17ClO3. The van der Waals surface area contributed by atoms with Crippen molar-refractivity contribution in [2.75, 3.05) is 13.2 Å². The monoisotopic (exact) mass is 244 g/mol. The van der Waals surface area contributed by atoms with Crippen LogP contribution in [-0.4, -0.2) is 29.5 Å². The fourth-order valence-electron chi connectivity index (χ4n) is 1.41. The van der Waals surface area contributed by atoms with Crippen molar-refractivity contribution < 1.29 is 14.9 Å². The normalized spacial score (nSPS) is 12.5. The Morgan fingerprint density at radius 1 is 1.44 bits per heavy atom. The third kappa shape index (κ3) is 3.67. The molecule has 0 radical (unpaired) electrons. The smallest absolute Gasteiger partial charge is 0.141 e. The van der Waals surface area contributed by atoms with E-state index in [0.29, 0.717) is 10.8 Å². The van der Waals surface area contributed by atoms with Gasteiger partial charge in [-0.25, -0.2) is 0 Å². The largest absolute Gasteiger partial charge is 0.489 e. The van der Waals surface area contributed by atoms with Gasteiger partial charge in [-0.1, -0.05) is 37.1 Å². The summed E-state index contributed by atoms with van der Waals surface area (Å²) in [6, 6.07) is 5.58.